The van der Waals surface area contributed by atoms with Crippen molar-refractivity contribution in [2.45, 2.75) is 0 Å². The summed E-state index contributed by atoms with van der Waals surface area (Å²) in [6.45, 7) is 0.666. The minimum atomic E-state index is 0.666. The standard InChI is InChI=1S/C11H9NO/c1-2-4-10-8(3-1)9-7-13-6-5-11(9)12-10/h1-5,7,12H,6H2. The number of benzene rings is 1. The number of nitrogens with one attached hydrogen (secondary N) is 1. The minimum absolute atomic E-state index is 0.666. The zero-order chi connectivity index (χ0) is 8.67. The molecule has 1 N–H and O–H groups in total. The lowest BCUT2D eigenvalue weighted by atomic mass is 10.2. The van der Waals surface area contributed by atoms with Crippen LogP contribution in [0.4, 0.5) is 0 Å². The van der Waals surface area contributed by atoms with Crippen molar-refractivity contribution in [3.63, 3.8) is 0 Å². The zero-order valence-electron chi connectivity index (χ0n) is 7.08. The Hall–Kier alpha value is -1.70. The molecule has 2 heterocycles. The van der Waals surface area contributed by atoms with Gasteiger partial charge in [-0.15, -0.1) is 0 Å². The van der Waals surface area contributed by atoms with Crippen LogP contribution in [0.3, 0.4) is 0 Å². The third-order valence-corrected chi connectivity index (χ3v) is 2.36. The van der Waals surface area contributed by atoms with E-state index in [-0.39, 0.29) is 0 Å². The first-order valence-corrected chi connectivity index (χ1v) is 4.34. The van der Waals surface area contributed by atoms with Gasteiger partial charge in [-0.25, -0.2) is 0 Å². The van der Waals surface area contributed by atoms with Gasteiger partial charge >= 0.3 is 0 Å². The summed E-state index contributed by atoms with van der Waals surface area (Å²) < 4.78 is 5.26. The van der Waals surface area contributed by atoms with E-state index in [2.05, 4.69) is 23.2 Å². The van der Waals surface area contributed by atoms with Crippen molar-refractivity contribution < 1.29 is 4.74 Å². The molecule has 0 fully saturated rings. The summed E-state index contributed by atoms with van der Waals surface area (Å²) in [6.07, 6.45) is 3.89. The molecule has 13 heavy (non-hydrogen) atoms. The molecule has 0 spiro atoms. The first-order chi connectivity index (χ1) is 6.45. The van der Waals surface area contributed by atoms with Crippen molar-refractivity contribution in [1.82, 2.24) is 4.98 Å². The minimum Gasteiger partial charge on any atom is -0.496 e. The van der Waals surface area contributed by atoms with Crippen molar-refractivity contribution in [1.29, 1.82) is 0 Å². The molecule has 1 aliphatic heterocycles. The SMILES string of the molecule is C1=c2[nH]c3ccccc3c2=COC1. The largest absolute Gasteiger partial charge is 0.496 e. The number of aromatic amines is 1. The highest BCUT2D eigenvalue weighted by Crippen LogP contribution is 2.04. The smallest absolute Gasteiger partial charge is 0.108 e. The summed E-state index contributed by atoms with van der Waals surface area (Å²) in [7, 11) is 0. The maximum Gasteiger partial charge on any atom is 0.108 e. The van der Waals surface area contributed by atoms with Crippen LogP contribution in [-0.2, 0) is 4.74 Å². The van der Waals surface area contributed by atoms with Crippen LogP contribution in [0.1, 0.15) is 0 Å². The monoisotopic (exact) mass is 171 g/mol. The quantitative estimate of drug-likeness (QED) is 0.620. The van der Waals surface area contributed by atoms with E-state index < -0.39 is 0 Å². The van der Waals surface area contributed by atoms with Crippen LogP contribution in [-0.4, -0.2) is 11.6 Å². The Morgan fingerprint density at radius 1 is 1.23 bits per heavy atom. The van der Waals surface area contributed by atoms with Gasteiger partial charge in [-0.3, -0.25) is 0 Å². The van der Waals surface area contributed by atoms with Crippen molar-refractivity contribution >= 4 is 23.2 Å². The Bertz CT molecular complexity index is 565. The molecule has 2 heteroatoms. The molecule has 0 bridgehead atoms. The molecule has 2 nitrogen and oxygen atoms in total. The van der Waals surface area contributed by atoms with E-state index in [1.54, 1.807) is 0 Å². The number of ether oxygens (including phenoxy) is 1. The van der Waals surface area contributed by atoms with E-state index in [9.17, 15) is 0 Å². The van der Waals surface area contributed by atoms with Crippen molar-refractivity contribution in [3.8, 4) is 0 Å². The number of aromatic nitrogens is 1. The third kappa shape index (κ3) is 0.886. The van der Waals surface area contributed by atoms with Crippen LogP contribution < -0.4 is 10.6 Å². The summed E-state index contributed by atoms with van der Waals surface area (Å²) in [5, 5.41) is 3.57. The van der Waals surface area contributed by atoms with Gasteiger partial charge in [0.2, 0.25) is 0 Å². The Labute approximate surface area is 75.1 Å². The van der Waals surface area contributed by atoms with E-state index in [0.29, 0.717) is 6.61 Å². The van der Waals surface area contributed by atoms with E-state index >= 15 is 0 Å². The van der Waals surface area contributed by atoms with Gasteiger partial charge < -0.3 is 9.72 Å². The molecule has 1 aromatic heterocycles. The molecular weight excluding hydrogens is 162 g/mol. The molecule has 0 atom stereocenters. The molecule has 64 valence electrons. The summed E-state index contributed by atoms with van der Waals surface area (Å²) >= 11 is 0. The van der Waals surface area contributed by atoms with Crippen LogP contribution in [0.2, 0.25) is 0 Å². The Morgan fingerprint density at radius 3 is 3.15 bits per heavy atom. The fraction of sp³-hybridized carbons (Fsp3) is 0.0909. The molecule has 2 aromatic rings. The van der Waals surface area contributed by atoms with Gasteiger partial charge in [0.25, 0.3) is 0 Å². The highest BCUT2D eigenvalue weighted by Gasteiger charge is 2.01. The fourth-order valence-electron chi connectivity index (χ4n) is 1.74. The van der Waals surface area contributed by atoms with Crippen LogP contribution in [0.15, 0.2) is 24.3 Å². The van der Waals surface area contributed by atoms with E-state index in [4.69, 9.17) is 4.74 Å². The fourth-order valence-corrected chi connectivity index (χ4v) is 1.74. The van der Waals surface area contributed by atoms with Crippen molar-refractivity contribution in [2.24, 2.45) is 0 Å². The van der Waals surface area contributed by atoms with E-state index in [1.165, 1.54) is 21.5 Å². The average Bonchev–Trinajstić information content (AvgIpc) is 2.56. The van der Waals surface area contributed by atoms with Gasteiger partial charge in [0, 0.05) is 21.5 Å². The molecule has 0 aliphatic carbocycles. The van der Waals surface area contributed by atoms with Crippen LogP contribution in [0.5, 0.6) is 0 Å². The first-order valence-electron chi connectivity index (χ1n) is 4.34. The van der Waals surface area contributed by atoms with Gasteiger partial charge in [-0.2, -0.15) is 0 Å². The van der Waals surface area contributed by atoms with E-state index in [1.807, 2.05) is 18.4 Å². The van der Waals surface area contributed by atoms with E-state index in [0.717, 1.165) is 0 Å². The number of H-pyrrole nitrogens is 1. The Kier molecular flexibility index (Phi) is 1.25. The number of hydrogen-bond acceptors (Lipinski definition) is 1. The van der Waals surface area contributed by atoms with Gasteiger partial charge in [-0.1, -0.05) is 18.2 Å². The number of fused-ring (bicyclic) bond motifs is 3. The van der Waals surface area contributed by atoms with Gasteiger partial charge in [0.1, 0.15) is 6.61 Å². The second-order valence-electron chi connectivity index (χ2n) is 3.15. The summed E-state index contributed by atoms with van der Waals surface area (Å²) in [5.74, 6) is 0. The molecule has 0 saturated heterocycles. The van der Waals surface area contributed by atoms with Crippen LogP contribution in [0, 0.1) is 0 Å². The van der Waals surface area contributed by atoms with Gasteiger partial charge in [0.05, 0.1) is 6.26 Å². The average molecular weight is 171 g/mol. The van der Waals surface area contributed by atoms with Crippen molar-refractivity contribution in [2.75, 3.05) is 6.61 Å². The lowest BCUT2D eigenvalue weighted by Gasteiger charge is -1.97. The maximum absolute atomic E-state index is 5.26. The van der Waals surface area contributed by atoms with Gasteiger partial charge in [-0.05, 0) is 12.1 Å². The number of para-hydroxylation sites is 1. The molecule has 0 saturated carbocycles. The molecule has 0 amide bonds. The normalized spacial score (nSPS) is 14.2. The lowest BCUT2D eigenvalue weighted by molar-refractivity contribution is 0.346. The predicted octanol–water partition coefficient (Wildman–Crippen LogP) is 0.717. The van der Waals surface area contributed by atoms with Crippen LogP contribution >= 0.6 is 0 Å². The third-order valence-electron chi connectivity index (χ3n) is 2.36. The second-order valence-corrected chi connectivity index (χ2v) is 3.15. The molecule has 0 unspecified atom stereocenters. The zero-order valence-corrected chi connectivity index (χ0v) is 7.08. The number of hydrogen-bond donors (Lipinski definition) is 1. The highest BCUT2D eigenvalue weighted by atomic mass is 16.5. The maximum atomic E-state index is 5.26. The highest BCUT2D eigenvalue weighted by molar-refractivity contribution is 5.81. The molecular formula is C11H9NO. The van der Waals surface area contributed by atoms with Gasteiger partial charge in [0.15, 0.2) is 0 Å². The van der Waals surface area contributed by atoms with Crippen LogP contribution in [0.25, 0.3) is 23.2 Å². The Morgan fingerprint density at radius 2 is 2.15 bits per heavy atom. The summed E-state index contributed by atoms with van der Waals surface area (Å²) in [4.78, 5) is 3.35. The lowest BCUT2D eigenvalue weighted by Crippen LogP contribution is -2.26. The summed E-state index contributed by atoms with van der Waals surface area (Å²) in [5.41, 5.74) is 1.17. The molecule has 1 aromatic carbocycles. The predicted molar refractivity (Wildman–Crippen MR) is 52.4 cm³/mol. The second kappa shape index (κ2) is 2.39. The first kappa shape index (κ1) is 6.78. The molecule has 3 rings (SSSR count). The molecule has 1 aliphatic rings. The summed E-state index contributed by atoms with van der Waals surface area (Å²) in [6, 6.07) is 8.25. The van der Waals surface area contributed by atoms with Crippen molar-refractivity contribution in [3.05, 3.63) is 34.8 Å². The number of rotatable bonds is 0. The molecule has 0 radical (unpaired) electrons. The topological polar surface area (TPSA) is 25.0 Å². The Balaban J connectivity index is 2.63.